The Morgan fingerprint density at radius 2 is 2.25 bits per heavy atom. The summed E-state index contributed by atoms with van der Waals surface area (Å²) in [6.45, 7) is 3.57. The molecule has 0 unspecified atom stereocenters. The van der Waals surface area contributed by atoms with Crippen LogP contribution in [-0.4, -0.2) is 16.1 Å². The van der Waals surface area contributed by atoms with Gasteiger partial charge in [0.2, 0.25) is 0 Å². The Labute approximate surface area is 94.1 Å². The van der Waals surface area contributed by atoms with Crippen LogP contribution in [0, 0.1) is 5.82 Å². The second kappa shape index (κ2) is 4.61. The van der Waals surface area contributed by atoms with Gasteiger partial charge in [-0.1, -0.05) is 0 Å². The first-order chi connectivity index (χ1) is 7.76. The maximum Gasteiger partial charge on any atom is 0.125 e. The van der Waals surface area contributed by atoms with Gasteiger partial charge in [-0.05, 0) is 32.0 Å². The number of nitrogens with two attached hydrogens (primary N) is 1. The third kappa shape index (κ3) is 1.93. The molecule has 0 fully saturated rings. The minimum Gasteiger partial charge on any atom is -0.330 e. The molecule has 0 bridgehead atoms. The number of rotatable bonds is 4. The molecule has 0 saturated carbocycles. The molecule has 16 heavy (non-hydrogen) atoms. The van der Waals surface area contributed by atoms with Crippen LogP contribution in [0.5, 0.6) is 0 Å². The number of nitrogens with zero attached hydrogens (tertiary/aromatic N) is 2. The SMILES string of the molecule is CCn1c(CCCN)nc2cc(F)ccc21. The first-order valence-corrected chi connectivity index (χ1v) is 5.61. The number of benzene rings is 1. The lowest BCUT2D eigenvalue weighted by atomic mass is 10.3. The van der Waals surface area contributed by atoms with Crippen molar-refractivity contribution in [3.05, 3.63) is 29.8 Å². The zero-order chi connectivity index (χ0) is 11.5. The largest absolute Gasteiger partial charge is 0.330 e. The molecule has 1 heterocycles. The molecular formula is C12H16FN3. The predicted octanol–water partition coefficient (Wildman–Crippen LogP) is 2.09. The number of hydrogen-bond donors (Lipinski definition) is 1. The van der Waals surface area contributed by atoms with Crippen LogP contribution < -0.4 is 5.73 Å². The number of aromatic nitrogens is 2. The monoisotopic (exact) mass is 221 g/mol. The van der Waals surface area contributed by atoms with Crippen molar-refractivity contribution < 1.29 is 4.39 Å². The van der Waals surface area contributed by atoms with Crippen molar-refractivity contribution in [2.75, 3.05) is 6.54 Å². The van der Waals surface area contributed by atoms with E-state index in [9.17, 15) is 4.39 Å². The van der Waals surface area contributed by atoms with E-state index < -0.39 is 0 Å². The fraction of sp³-hybridized carbons (Fsp3) is 0.417. The van der Waals surface area contributed by atoms with Crippen LogP contribution in [0.4, 0.5) is 4.39 Å². The maximum atomic E-state index is 13.1. The second-order valence-electron chi connectivity index (χ2n) is 3.80. The Kier molecular flexibility index (Phi) is 3.19. The van der Waals surface area contributed by atoms with Gasteiger partial charge in [0.15, 0.2) is 0 Å². The Balaban J connectivity index is 2.48. The van der Waals surface area contributed by atoms with Gasteiger partial charge in [-0.25, -0.2) is 9.37 Å². The number of aryl methyl sites for hydroxylation is 2. The Morgan fingerprint density at radius 3 is 2.94 bits per heavy atom. The van der Waals surface area contributed by atoms with E-state index >= 15 is 0 Å². The highest BCUT2D eigenvalue weighted by molar-refractivity contribution is 5.76. The van der Waals surface area contributed by atoms with Crippen LogP contribution in [0.3, 0.4) is 0 Å². The maximum absolute atomic E-state index is 13.1. The summed E-state index contributed by atoms with van der Waals surface area (Å²) in [6.07, 6.45) is 1.76. The average Bonchev–Trinajstić information content (AvgIpc) is 2.62. The van der Waals surface area contributed by atoms with Crippen LogP contribution in [0.1, 0.15) is 19.2 Å². The molecule has 0 aliphatic heterocycles. The zero-order valence-electron chi connectivity index (χ0n) is 9.41. The number of imidazole rings is 1. The highest BCUT2D eigenvalue weighted by Gasteiger charge is 2.09. The molecule has 0 aliphatic carbocycles. The Bertz CT molecular complexity index is 490. The molecular weight excluding hydrogens is 205 g/mol. The molecule has 2 aromatic rings. The first-order valence-electron chi connectivity index (χ1n) is 5.61. The zero-order valence-corrected chi connectivity index (χ0v) is 9.41. The van der Waals surface area contributed by atoms with Crippen molar-refractivity contribution in [3.8, 4) is 0 Å². The molecule has 0 aliphatic rings. The van der Waals surface area contributed by atoms with E-state index in [4.69, 9.17) is 5.73 Å². The van der Waals surface area contributed by atoms with Crippen molar-refractivity contribution in [2.45, 2.75) is 26.3 Å². The molecule has 0 spiro atoms. The molecule has 4 heteroatoms. The summed E-state index contributed by atoms with van der Waals surface area (Å²) in [4.78, 5) is 4.45. The average molecular weight is 221 g/mol. The summed E-state index contributed by atoms with van der Waals surface area (Å²) < 4.78 is 15.2. The summed E-state index contributed by atoms with van der Waals surface area (Å²) in [5.41, 5.74) is 7.22. The van der Waals surface area contributed by atoms with Gasteiger partial charge in [0.05, 0.1) is 11.0 Å². The van der Waals surface area contributed by atoms with Gasteiger partial charge >= 0.3 is 0 Å². The molecule has 0 amide bonds. The van der Waals surface area contributed by atoms with Crippen molar-refractivity contribution >= 4 is 11.0 Å². The number of halogens is 1. The highest BCUT2D eigenvalue weighted by Crippen LogP contribution is 2.18. The van der Waals surface area contributed by atoms with Gasteiger partial charge in [-0.15, -0.1) is 0 Å². The number of fused-ring (bicyclic) bond motifs is 1. The molecule has 1 aromatic heterocycles. The lowest BCUT2D eigenvalue weighted by Crippen LogP contribution is -2.06. The minimum absolute atomic E-state index is 0.237. The number of hydrogen-bond acceptors (Lipinski definition) is 2. The van der Waals surface area contributed by atoms with Gasteiger partial charge in [0, 0.05) is 19.0 Å². The smallest absolute Gasteiger partial charge is 0.125 e. The molecule has 2 N–H and O–H groups in total. The Morgan fingerprint density at radius 1 is 1.44 bits per heavy atom. The van der Waals surface area contributed by atoms with Gasteiger partial charge in [-0.3, -0.25) is 0 Å². The third-order valence-corrected chi connectivity index (χ3v) is 2.71. The standard InChI is InChI=1S/C12H16FN3/c1-2-16-11-6-5-9(13)8-10(11)15-12(16)4-3-7-14/h5-6,8H,2-4,7,14H2,1H3. The van der Waals surface area contributed by atoms with Gasteiger partial charge < -0.3 is 10.3 Å². The molecule has 0 atom stereocenters. The normalized spacial score (nSPS) is 11.2. The summed E-state index contributed by atoms with van der Waals surface area (Å²) in [5, 5.41) is 0. The molecule has 1 aromatic carbocycles. The van der Waals surface area contributed by atoms with E-state index in [-0.39, 0.29) is 5.82 Å². The van der Waals surface area contributed by atoms with Crippen LogP contribution in [-0.2, 0) is 13.0 Å². The summed E-state index contributed by atoms with van der Waals surface area (Å²) in [5.74, 6) is 0.757. The molecule has 86 valence electrons. The van der Waals surface area contributed by atoms with E-state index in [0.29, 0.717) is 6.54 Å². The lowest BCUT2D eigenvalue weighted by molar-refractivity contribution is 0.629. The fourth-order valence-electron chi connectivity index (χ4n) is 1.96. The molecule has 3 nitrogen and oxygen atoms in total. The van der Waals surface area contributed by atoms with E-state index in [1.54, 1.807) is 6.07 Å². The van der Waals surface area contributed by atoms with E-state index in [0.717, 1.165) is 36.2 Å². The predicted molar refractivity (Wildman–Crippen MR) is 62.7 cm³/mol. The topological polar surface area (TPSA) is 43.8 Å². The van der Waals surface area contributed by atoms with E-state index in [1.165, 1.54) is 12.1 Å². The third-order valence-electron chi connectivity index (χ3n) is 2.71. The fourth-order valence-corrected chi connectivity index (χ4v) is 1.96. The minimum atomic E-state index is -0.237. The van der Waals surface area contributed by atoms with E-state index in [1.807, 2.05) is 0 Å². The van der Waals surface area contributed by atoms with Crippen molar-refractivity contribution in [2.24, 2.45) is 5.73 Å². The van der Waals surface area contributed by atoms with Gasteiger partial charge in [-0.2, -0.15) is 0 Å². The lowest BCUT2D eigenvalue weighted by Gasteiger charge is -2.04. The van der Waals surface area contributed by atoms with Crippen molar-refractivity contribution in [1.29, 1.82) is 0 Å². The quantitative estimate of drug-likeness (QED) is 0.859. The molecule has 0 radical (unpaired) electrons. The molecule has 2 rings (SSSR count). The van der Waals surface area contributed by atoms with Gasteiger partial charge in [0.1, 0.15) is 11.6 Å². The summed E-state index contributed by atoms with van der Waals surface area (Å²) in [7, 11) is 0. The van der Waals surface area contributed by atoms with Crippen molar-refractivity contribution in [1.82, 2.24) is 9.55 Å². The summed E-state index contributed by atoms with van der Waals surface area (Å²) >= 11 is 0. The van der Waals surface area contributed by atoms with Crippen LogP contribution in [0.15, 0.2) is 18.2 Å². The van der Waals surface area contributed by atoms with Gasteiger partial charge in [0.25, 0.3) is 0 Å². The first kappa shape index (κ1) is 11.1. The summed E-state index contributed by atoms with van der Waals surface area (Å²) in [6, 6.07) is 4.74. The second-order valence-corrected chi connectivity index (χ2v) is 3.80. The van der Waals surface area contributed by atoms with Crippen LogP contribution in [0.2, 0.25) is 0 Å². The van der Waals surface area contributed by atoms with E-state index in [2.05, 4.69) is 16.5 Å². The molecule has 0 saturated heterocycles. The van der Waals surface area contributed by atoms with Crippen molar-refractivity contribution in [3.63, 3.8) is 0 Å². The highest BCUT2D eigenvalue weighted by atomic mass is 19.1. The van der Waals surface area contributed by atoms with Crippen LogP contribution >= 0.6 is 0 Å². The van der Waals surface area contributed by atoms with Crippen LogP contribution in [0.25, 0.3) is 11.0 Å². The Hall–Kier alpha value is -1.42.